The van der Waals surface area contributed by atoms with Gasteiger partial charge in [-0.25, -0.2) is 4.79 Å². The molecule has 9 nitrogen and oxygen atoms in total. The number of aliphatic imine (C=N–C) groups is 1. The molecule has 4 rings (SSSR count). The van der Waals surface area contributed by atoms with Crippen LogP contribution in [0.25, 0.3) is 0 Å². The minimum atomic E-state index is -0.357. The van der Waals surface area contributed by atoms with Gasteiger partial charge in [-0.3, -0.25) is 5.01 Å². The van der Waals surface area contributed by atoms with E-state index in [2.05, 4.69) is 32.6 Å². The molecular formula is C23H28N6O3. The number of nitrogens with one attached hydrogen (secondary N) is 1. The zero-order chi connectivity index (χ0) is 22.5. The van der Waals surface area contributed by atoms with Gasteiger partial charge in [-0.15, -0.1) is 5.11 Å². The summed E-state index contributed by atoms with van der Waals surface area (Å²) in [5.74, 6) is 1.27. The van der Waals surface area contributed by atoms with Crippen LogP contribution in [0.4, 0.5) is 10.5 Å². The summed E-state index contributed by atoms with van der Waals surface area (Å²) in [5.41, 5.74) is 3.32. The van der Waals surface area contributed by atoms with Crippen molar-refractivity contribution in [3.8, 4) is 11.5 Å². The first-order valence-corrected chi connectivity index (χ1v) is 10.6. The molecule has 2 aliphatic rings. The van der Waals surface area contributed by atoms with Crippen LogP contribution < -0.4 is 14.8 Å². The van der Waals surface area contributed by atoms with Gasteiger partial charge in [0.05, 0.1) is 44.8 Å². The Morgan fingerprint density at radius 2 is 1.72 bits per heavy atom. The predicted octanol–water partition coefficient (Wildman–Crippen LogP) is 3.59. The van der Waals surface area contributed by atoms with Crippen molar-refractivity contribution in [1.82, 2.24) is 15.2 Å². The average molecular weight is 437 g/mol. The third-order valence-corrected chi connectivity index (χ3v) is 5.71. The number of hydrogen-bond acceptors (Lipinski definition) is 6. The number of amides is 2. The summed E-state index contributed by atoms with van der Waals surface area (Å²) >= 11 is 0. The lowest BCUT2D eigenvalue weighted by Gasteiger charge is -2.29. The minimum Gasteiger partial charge on any atom is -0.493 e. The van der Waals surface area contributed by atoms with Crippen LogP contribution >= 0.6 is 0 Å². The van der Waals surface area contributed by atoms with Crippen molar-refractivity contribution in [3.63, 3.8) is 0 Å². The zero-order valence-electron chi connectivity index (χ0n) is 18.6. The van der Waals surface area contributed by atoms with E-state index >= 15 is 0 Å². The number of carbonyl (C=O) groups is 1. The fourth-order valence-electron chi connectivity index (χ4n) is 3.77. The van der Waals surface area contributed by atoms with Crippen LogP contribution in [-0.2, 0) is 0 Å². The van der Waals surface area contributed by atoms with Gasteiger partial charge in [0, 0.05) is 19.5 Å². The molecule has 9 heteroatoms. The van der Waals surface area contributed by atoms with Gasteiger partial charge in [-0.1, -0.05) is 23.4 Å². The van der Waals surface area contributed by atoms with Crippen molar-refractivity contribution in [2.45, 2.75) is 12.5 Å². The molecule has 0 bridgehead atoms. The molecule has 0 aromatic heterocycles. The van der Waals surface area contributed by atoms with Crippen LogP contribution in [-0.4, -0.2) is 69.1 Å². The molecule has 0 saturated carbocycles. The number of carbonyl (C=O) groups excluding carboxylic acids is 1. The molecule has 1 saturated heterocycles. The molecule has 2 aromatic carbocycles. The van der Waals surface area contributed by atoms with E-state index in [4.69, 9.17) is 9.47 Å². The smallest absolute Gasteiger partial charge is 0.341 e. The maximum atomic E-state index is 12.3. The van der Waals surface area contributed by atoms with Crippen LogP contribution in [0.5, 0.6) is 11.5 Å². The summed E-state index contributed by atoms with van der Waals surface area (Å²) in [6.45, 7) is 3.73. The Morgan fingerprint density at radius 3 is 2.41 bits per heavy atom. The second-order valence-corrected chi connectivity index (χ2v) is 7.87. The summed E-state index contributed by atoms with van der Waals surface area (Å²) in [6, 6.07) is 12.8. The van der Waals surface area contributed by atoms with Gasteiger partial charge in [-0.05, 0) is 42.4 Å². The van der Waals surface area contributed by atoms with Crippen molar-refractivity contribution >= 4 is 17.4 Å². The molecule has 0 radical (unpaired) electrons. The van der Waals surface area contributed by atoms with E-state index in [9.17, 15) is 4.79 Å². The minimum absolute atomic E-state index is 0.202. The molecule has 32 heavy (non-hydrogen) atoms. The predicted molar refractivity (Wildman–Crippen MR) is 122 cm³/mol. The third-order valence-electron chi connectivity index (χ3n) is 5.71. The summed E-state index contributed by atoms with van der Waals surface area (Å²) in [5, 5.41) is 13.6. The first kappa shape index (κ1) is 21.8. The van der Waals surface area contributed by atoms with Gasteiger partial charge in [0.15, 0.2) is 11.5 Å². The van der Waals surface area contributed by atoms with E-state index in [1.165, 1.54) is 0 Å². The second-order valence-electron chi connectivity index (χ2n) is 7.87. The lowest BCUT2D eigenvalue weighted by molar-refractivity contribution is 0.150. The van der Waals surface area contributed by atoms with Gasteiger partial charge in [0.25, 0.3) is 0 Å². The van der Waals surface area contributed by atoms with E-state index in [1.54, 1.807) is 14.2 Å². The molecule has 1 unspecified atom stereocenters. The number of urea groups is 1. The zero-order valence-corrected chi connectivity index (χ0v) is 18.6. The van der Waals surface area contributed by atoms with Crippen molar-refractivity contribution in [3.05, 3.63) is 53.6 Å². The molecule has 2 amide bonds. The largest absolute Gasteiger partial charge is 0.493 e. The van der Waals surface area contributed by atoms with E-state index < -0.39 is 0 Å². The van der Waals surface area contributed by atoms with E-state index in [1.807, 2.05) is 47.5 Å². The molecule has 168 valence electrons. The van der Waals surface area contributed by atoms with Crippen molar-refractivity contribution in [2.24, 2.45) is 15.3 Å². The highest BCUT2D eigenvalue weighted by molar-refractivity contribution is 6.08. The Labute approximate surface area is 187 Å². The summed E-state index contributed by atoms with van der Waals surface area (Å²) in [7, 11) is 5.30. The van der Waals surface area contributed by atoms with Crippen LogP contribution in [0.2, 0.25) is 0 Å². The first-order chi connectivity index (χ1) is 15.6. The fourth-order valence-corrected chi connectivity index (χ4v) is 3.77. The Kier molecular flexibility index (Phi) is 6.65. The highest BCUT2D eigenvalue weighted by Crippen LogP contribution is 2.32. The van der Waals surface area contributed by atoms with Gasteiger partial charge < -0.3 is 19.7 Å². The quantitative estimate of drug-likeness (QED) is 0.699. The monoisotopic (exact) mass is 436 g/mol. The molecule has 2 heterocycles. The molecule has 0 aliphatic carbocycles. The Bertz CT molecular complexity index is 1010. The van der Waals surface area contributed by atoms with Gasteiger partial charge in [-0.2, -0.15) is 4.99 Å². The molecule has 2 aromatic rings. The average Bonchev–Trinajstić information content (AvgIpc) is 2.83. The van der Waals surface area contributed by atoms with Crippen LogP contribution in [0.1, 0.15) is 23.6 Å². The normalized spacial score (nSPS) is 19.6. The maximum Gasteiger partial charge on any atom is 0.341 e. The first-order valence-electron chi connectivity index (χ1n) is 10.6. The molecule has 1 fully saturated rings. The number of likely N-dealkylation sites (N-methyl/N-ethyl adjacent to an activating group) is 1. The van der Waals surface area contributed by atoms with Crippen LogP contribution in [0, 0.1) is 0 Å². The third kappa shape index (κ3) is 5.05. The van der Waals surface area contributed by atoms with E-state index in [-0.39, 0.29) is 12.1 Å². The lowest BCUT2D eigenvalue weighted by atomic mass is 9.95. The fraction of sp³-hybridized carbons (Fsp3) is 0.391. The second kappa shape index (κ2) is 9.78. The van der Waals surface area contributed by atoms with E-state index in [0.717, 1.165) is 48.7 Å². The highest BCUT2D eigenvalue weighted by atomic mass is 16.5. The topological polar surface area (TPSA) is 91.1 Å². The number of rotatable bonds is 6. The molecule has 0 spiro atoms. The number of benzene rings is 2. The van der Waals surface area contributed by atoms with Crippen LogP contribution in [0.3, 0.4) is 0 Å². The summed E-state index contributed by atoms with van der Waals surface area (Å²) < 4.78 is 10.7. The molecule has 1 atom stereocenters. The Balaban J connectivity index is 1.46. The van der Waals surface area contributed by atoms with Crippen molar-refractivity contribution < 1.29 is 14.3 Å². The maximum absolute atomic E-state index is 12.3. The summed E-state index contributed by atoms with van der Waals surface area (Å²) in [6.07, 6.45) is 0.573. The van der Waals surface area contributed by atoms with Crippen molar-refractivity contribution in [2.75, 3.05) is 47.4 Å². The van der Waals surface area contributed by atoms with E-state index in [0.29, 0.717) is 17.9 Å². The standard InChI is InChI=1S/C23H28N6O3/c1-28-10-12-29(13-11-28)27-26-18-7-4-16(5-8-18)19-15-20(25-23(30)24-19)17-6-9-21(31-2)22(14-17)32-3/h4-9,14,20H,10-13,15H2,1-3H3,(H,25,30). The Hall–Kier alpha value is -3.46. The number of methoxy groups -OCH3 is 2. The highest BCUT2D eigenvalue weighted by Gasteiger charge is 2.24. The SMILES string of the molecule is COc1ccc(C2CC(c3ccc(N=NN4CCN(C)CC4)cc3)=NC(=O)N2)cc1OC. The number of piperazine rings is 1. The molecule has 2 aliphatic heterocycles. The Morgan fingerprint density at radius 1 is 1.00 bits per heavy atom. The van der Waals surface area contributed by atoms with Gasteiger partial charge in [0.2, 0.25) is 0 Å². The molecular weight excluding hydrogens is 408 g/mol. The summed E-state index contributed by atoms with van der Waals surface area (Å²) in [4.78, 5) is 18.8. The van der Waals surface area contributed by atoms with Gasteiger partial charge in [0.1, 0.15) is 0 Å². The van der Waals surface area contributed by atoms with Gasteiger partial charge >= 0.3 is 6.03 Å². The number of hydrogen-bond donors (Lipinski definition) is 1. The van der Waals surface area contributed by atoms with Crippen molar-refractivity contribution in [1.29, 1.82) is 0 Å². The molecule has 1 N–H and O–H groups in total. The number of nitrogens with zero attached hydrogens (tertiary/aromatic N) is 5. The van der Waals surface area contributed by atoms with Crippen LogP contribution in [0.15, 0.2) is 57.8 Å². The lowest BCUT2D eigenvalue weighted by Crippen LogP contribution is -2.41. The number of ether oxygens (including phenoxy) is 2.